The summed E-state index contributed by atoms with van der Waals surface area (Å²) in [5, 5.41) is 7.26. The van der Waals surface area contributed by atoms with Gasteiger partial charge in [0.15, 0.2) is 12.7 Å². The summed E-state index contributed by atoms with van der Waals surface area (Å²) in [5.74, 6) is 0. The van der Waals surface area contributed by atoms with Gasteiger partial charge in [0, 0.05) is 6.08 Å². The predicted octanol–water partition coefficient (Wildman–Crippen LogP) is 1.79. The zero-order valence-corrected chi connectivity index (χ0v) is 12.5. The largest absolute Gasteiger partial charge is 0.497 e. The van der Waals surface area contributed by atoms with E-state index in [4.69, 9.17) is 14.9 Å². The van der Waals surface area contributed by atoms with E-state index < -0.39 is 0 Å². The van der Waals surface area contributed by atoms with Gasteiger partial charge in [-0.1, -0.05) is 13.2 Å². The second kappa shape index (κ2) is 11.1. The minimum absolute atomic E-state index is 0.250. The van der Waals surface area contributed by atoms with Crippen LogP contribution in [-0.4, -0.2) is 36.7 Å². The van der Waals surface area contributed by atoms with Crippen LogP contribution in [0.5, 0.6) is 0 Å². The standard InChI is InChI=1S/C16H21N4O2/c1-3-15(17)13-19-6-9-21-11-12-22-10-8-20-7-5-18-14-16(20)4-2/h3-7,9,13-14,17H,1-2,8,10-12H2/q+1/b9-6-,17-15?,19-13?. The third-order valence-electron chi connectivity index (χ3n) is 2.58. The van der Waals surface area contributed by atoms with Crippen LogP contribution in [0.2, 0.25) is 0 Å². The molecule has 0 amide bonds. The van der Waals surface area contributed by atoms with Crippen molar-refractivity contribution >= 4 is 18.0 Å². The summed E-state index contributed by atoms with van der Waals surface area (Å²) in [6.07, 6.45) is 12.9. The van der Waals surface area contributed by atoms with E-state index in [-0.39, 0.29) is 5.71 Å². The third kappa shape index (κ3) is 7.25. The summed E-state index contributed by atoms with van der Waals surface area (Å²) in [5.41, 5.74) is 1.20. The molecule has 1 N–H and O–H groups in total. The number of rotatable bonds is 11. The molecule has 6 nitrogen and oxygen atoms in total. The molecule has 0 aliphatic carbocycles. The quantitative estimate of drug-likeness (QED) is 0.293. The minimum Gasteiger partial charge on any atom is -0.497 e. The lowest BCUT2D eigenvalue weighted by Crippen LogP contribution is -2.39. The summed E-state index contributed by atoms with van der Waals surface area (Å²) in [7, 11) is 0. The Morgan fingerprint density at radius 3 is 3.00 bits per heavy atom. The fraction of sp³-hybridized carbons (Fsp3) is 0.250. The number of allylic oxidation sites excluding steroid dienone is 1. The highest BCUT2D eigenvalue weighted by Gasteiger charge is 2.05. The van der Waals surface area contributed by atoms with Gasteiger partial charge in [0.1, 0.15) is 19.5 Å². The summed E-state index contributed by atoms with van der Waals surface area (Å²) in [6.45, 7) is 9.44. The number of nitrogens with one attached hydrogen (secondary N) is 1. The van der Waals surface area contributed by atoms with Crippen LogP contribution in [-0.2, 0) is 16.0 Å². The molecule has 0 aliphatic heterocycles. The SMILES string of the molecule is C=CC(=N)C=N/C=C\OCCOCC[n+]1ccncc1C=C. The average Bonchev–Trinajstić information content (AvgIpc) is 2.56. The van der Waals surface area contributed by atoms with Gasteiger partial charge < -0.3 is 9.47 Å². The van der Waals surface area contributed by atoms with Crippen LogP contribution in [0.4, 0.5) is 0 Å². The van der Waals surface area contributed by atoms with Gasteiger partial charge in [-0.15, -0.1) is 0 Å². The van der Waals surface area contributed by atoms with Gasteiger partial charge in [-0.25, -0.2) is 0 Å². The molecule has 0 bridgehead atoms. The highest BCUT2D eigenvalue weighted by molar-refractivity contribution is 6.34. The molecular formula is C16H21N4O2+. The molecule has 6 heteroatoms. The van der Waals surface area contributed by atoms with Gasteiger partial charge in [-0.2, -0.15) is 4.57 Å². The van der Waals surface area contributed by atoms with Crippen molar-refractivity contribution in [3.63, 3.8) is 0 Å². The van der Waals surface area contributed by atoms with Crippen LogP contribution in [0.3, 0.4) is 0 Å². The van der Waals surface area contributed by atoms with Crippen LogP contribution >= 0.6 is 0 Å². The molecule has 0 radical (unpaired) electrons. The molecule has 0 unspecified atom stereocenters. The first-order valence-corrected chi connectivity index (χ1v) is 6.82. The number of hydrogen-bond acceptors (Lipinski definition) is 5. The Bertz CT molecular complexity index is 553. The number of nitrogens with zero attached hydrogens (tertiary/aromatic N) is 3. The van der Waals surface area contributed by atoms with E-state index in [1.165, 1.54) is 24.8 Å². The first kappa shape index (κ1) is 17.5. The van der Waals surface area contributed by atoms with Crippen molar-refractivity contribution in [2.75, 3.05) is 19.8 Å². The number of hydrogen-bond donors (Lipinski definition) is 1. The van der Waals surface area contributed by atoms with Crippen LogP contribution < -0.4 is 4.57 Å². The van der Waals surface area contributed by atoms with Crippen molar-refractivity contribution in [1.29, 1.82) is 5.41 Å². The van der Waals surface area contributed by atoms with Crippen molar-refractivity contribution in [3.8, 4) is 0 Å². The van der Waals surface area contributed by atoms with Gasteiger partial charge in [-0.05, 0) is 6.08 Å². The summed E-state index contributed by atoms with van der Waals surface area (Å²) >= 11 is 0. The van der Waals surface area contributed by atoms with Gasteiger partial charge in [0.25, 0.3) is 0 Å². The van der Waals surface area contributed by atoms with Crippen LogP contribution in [0.15, 0.2) is 55.3 Å². The fourth-order valence-electron chi connectivity index (χ4n) is 1.47. The number of ether oxygens (including phenoxy) is 2. The summed E-state index contributed by atoms with van der Waals surface area (Å²) in [6, 6.07) is 0. The first-order valence-electron chi connectivity index (χ1n) is 6.82. The maximum atomic E-state index is 7.26. The highest BCUT2D eigenvalue weighted by Crippen LogP contribution is 1.90. The molecule has 0 aromatic carbocycles. The molecule has 0 aliphatic rings. The highest BCUT2D eigenvalue weighted by atomic mass is 16.5. The van der Waals surface area contributed by atoms with E-state index >= 15 is 0 Å². The van der Waals surface area contributed by atoms with E-state index in [0.29, 0.717) is 19.8 Å². The Kier molecular flexibility index (Phi) is 8.81. The molecular weight excluding hydrogens is 280 g/mol. The molecule has 0 atom stereocenters. The van der Waals surface area contributed by atoms with Crippen LogP contribution in [0, 0.1) is 5.41 Å². The maximum Gasteiger partial charge on any atom is 0.223 e. The molecule has 1 aromatic rings. The molecule has 116 valence electrons. The number of aromatic nitrogens is 2. The number of aliphatic imine (C=N–C) groups is 1. The molecule has 1 rings (SSSR count). The zero-order valence-electron chi connectivity index (χ0n) is 12.5. The molecule has 0 saturated heterocycles. The predicted molar refractivity (Wildman–Crippen MR) is 86.8 cm³/mol. The zero-order chi connectivity index (χ0) is 16.0. The Morgan fingerprint density at radius 2 is 2.23 bits per heavy atom. The maximum absolute atomic E-state index is 7.26. The van der Waals surface area contributed by atoms with Crippen molar-refractivity contribution in [2.24, 2.45) is 4.99 Å². The topological polar surface area (TPSA) is 71.4 Å². The Morgan fingerprint density at radius 1 is 1.36 bits per heavy atom. The van der Waals surface area contributed by atoms with Gasteiger partial charge in [-0.3, -0.25) is 15.4 Å². The van der Waals surface area contributed by atoms with E-state index in [1.807, 2.05) is 10.8 Å². The second-order valence-corrected chi connectivity index (χ2v) is 4.10. The Hall–Kier alpha value is -2.60. The van der Waals surface area contributed by atoms with Crippen LogP contribution in [0.25, 0.3) is 6.08 Å². The lowest BCUT2D eigenvalue weighted by molar-refractivity contribution is -0.700. The van der Waals surface area contributed by atoms with Gasteiger partial charge >= 0.3 is 0 Å². The average molecular weight is 301 g/mol. The van der Waals surface area contributed by atoms with Crippen molar-refractivity contribution in [1.82, 2.24) is 4.98 Å². The summed E-state index contributed by atoms with van der Waals surface area (Å²) < 4.78 is 12.7. The first-order chi connectivity index (χ1) is 10.8. The summed E-state index contributed by atoms with van der Waals surface area (Å²) in [4.78, 5) is 7.88. The molecule has 0 saturated carbocycles. The molecule has 0 fully saturated rings. The van der Waals surface area contributed by atoms with Gasteiger partial charge in [0.05, 0.1) is 37.1 Å². The van der Waals surface area contributed by atoms with E-state index in [2.05, 4.69) is 23.1 Å². The lowest BCUT2D eigenvalue weighted by Gasteiger charge is -2.03. The fourth-order valence-corrected chi connectivity index (χ4v) is 1.47. The van der Waals surface area contributed by atoms with E-state index in [1.54, 1.807) is 18.5 Å². The third-order valence-corrected chi connectivity index (χ3v) is 2.58. The Balaban J connectivity index is 2.10. The Labute approximate surface area is 130 Å². The smallest absolute Gasteiger partial charge is 0.223 e. The van der Waals surface area contributed by atoms with Crippen molar-refractivity contribution < 1.29 is 14.0 Å². The molecule has 1 aromatic heterocycles. The minimum atomic E-state index is 0.250. The monoisotopic (exact) mass is 301 g/mol. The van der Waals surface area contributed by atoms with E-state index in [9.17, 15) is 0 Å². The van der Waals surface area contributed by atoms with Crippen LogP contribution in [0.1, 0.15) is 5.69 Å². The normalized spacial score (nSPS) is 10.9. The van der Waals surface area contributed by atoms with Crippen molar-refractivity contribution in [2.45, 2.75) is 6.54 Å². The molecule has 1 heterocycles. The van der Waals surface area contributed by atoms with Crippen molar-refractivity contribution in [3.05, 3.63) is 56.0 Å². The molecule has 22 heavy (non-hydrogen) atoms. The molecule has 0 spiro atoms. The van der Waals surface area contributed by atoms with Gasteiger partial charge in [0.2, 0.25) is 5.69 Å². The second-order valence-electron chi connectivity index (χ2n) is 4.10. The lowest BCUT2D eigenvalue weighted by atomic mass is 10.4. The van der Waals surface area contributed by atoms with E-state index in [0.717, 1.165) is 12.2 Å².